The van der Waals surface area contributed by atoms with Crippen LogP contribution in [0.2, 0.25) is 0 Å². The number of hydrogen-bond acceptors (Lipinski definition) is 3. The fraction of sp³-hybridized carbons (Fsp3) is 0.609. The number of carbonyl (C=O) groups is 1. The van der Waals surface area contributed by atoms with Crippen LogP contribution in [0.1, 0.15) is 75.5 Å². The molecule has 0 spiro atoms. The number of Topliss-reactive ketones (excluding diaryl/α,β-unsaturated/α-hetero) is 1. The Morgan fingerprint density at radius 2 is 1.63 bits per heavy atom. The maximum Gasteiger partial charge on any atom is 0.133 e. The molecule has 0 saturated heterocycles. The zero-order chi connectivity index (χ0) is 18.9. The first-order valence-corrected chi connectivity index (χ1v) is 10.7. The summed E-state index contributed by atoms with van der Waals surface area (Å²) in [6.45, 7) is 3.04. The van der Waals surface area contributed by atoms with E-state index in [9.17, 15) is 4.79 Å². The average Bonchev–Trinajstić information content (AvgIpc) is 3.12. The molecule has 1 aromatic heterocycles. The van der Waals surface area contributed by atoms with Gasteiger partial charge in [-0.3, -0.25) is 4.79 Å². The van der Waals surface area contributed by atoms with Crippen molar-refractivity contribution in [2.75, 3.05) is 0 Å². The van der Waals surface area contributed by atoms with E-state index in [1.54, 1.807) is 0 Å². The first-order chi connectivity index (χ1) is 13.3. The Morgan fingerprint density at radius 1 is 0.963 bits per heavy atom. The highest BCUT2D eigenvalue weighted by molar-refractivity contribution is 5.78. The fourth-order valence-electron chi connectivity index (χ4n) is 4.22. The minimum Gasteiger partial charge on any atom is -0.315 e. The topological polar surface area (TPSA) is 47.8 Å². The van der Waals surface area contributed by atoms with Crippen molar-refractivity contribution in [2.45, 2.75) is 84.1 Å². The molecule has 0 N–H and O–H groups in total. The van der Waals surface area contributed by atoms with Gasteiger partial charge in [-0.2, -0.15) is 0 Å². The van der Waals surface area contributed by atoms with Crippen molar-refractivity contribution in [1.29, 1.82) is 0 Å². The Labute approximate surface area is 163 Å². The summed E-state index contributed by atoms with van der Waals surface area (Å²) in [4.78, 5) is 12.3. The molecule has 4 heteroatoms. The van der Waals surface area contributed by atoms with Crippen LogP contribution in [0.25, 0.3) is 0 Å². The van der Waals surface area contributed by atoms with E-state index in [0.717, 1.165) is 37.0 Å². The van der Waals surface area contributed by atoms with Gasteiger partial charge in [0.1, 0.15) is 17.4 Å². The molecule has 1 aliphatic carbocycles. The van der Waals surface area contributed by atoms with E-state index in [2.05, 4.69) is 33.8 Å². The molecular formula is C23H33N3O. The van der Waals surface area contributed by atoms with Crippen molar-refractivity contribution in [3.8, 4) is 0 Å². The van der Waals surface area contributed by atoms with Gasteiger partial charge in [0.15, 0.2) is 0 Å². The monoisotopic (exact) mass is 367 g/mol. The molecule has 0 radical (unpaired) electrons. The van der Waals surface area contributed by atoms with Gasteiger partial charge in [-0.05, 0) is 31.2 Å². The SMILES string of the molecule is CCn1c(CCC(=O)CCc2ccccc2)nnc1CCC1CCCCC1. The third kappa shape index (κ3) is 6.02. The zero-order valence-electron chi connectivity index (χ0n) is 16.7. The van der Waals surface area contributed by atoms with Crippen LogP contribution in [0.5, 0.6) is 0 Å². The summed E-state index contributed by atoms with van der Waals surface area (Å²) in [5.74, 6) is 3.26. The predicted molar refractivity (Wildman–Crippen MR) is 109 cm³/mol. The molecule has 1 saturated carbocycles. The van der Waals surface area contributed by atoms with E-state index in [4.69, 9.17) is 0 Å². The molecule has 2 aromatic rings. The van der Waals surface area contributed by atoms with E-state index in [1.807, 2.05) is 18.2 Å². The van der Waals surface area contributed by atoms with E-state index >= 15 is 0 Å². The molecule has 1 aromatic carbocycles. The minimum absolute atomic E-state index is 0.313. The third-order valence-corrected chi connectivity index (χ3v) is 5.88. The number of aromatic nitrogens is 3. The lowest BCUT2D eigenvalue weighted by molar-refractivity contribution is -0.119. The number of benzene rings is 1. The number of nitrogens with zero attached hydrogens (tertiary/aromatic N) is 3. The number of hydrogen-bond donors (Lipinski definition) is 0. The second-order valence-corrected chi connectivity index (χ2v) is 7.84. The van der Waals surface area contributed by atoms with Gasteiger partial charge in [0.05, 0.1) is 0 Å². The van der Waals surface area contributed by atoms with E-state index in [-0.39, 0.29) is 0 Å². The van der Waals surface area contributed by atoms with Crippen LogP contribution in [0.3, 0.4) is 0 Å². The summed E-state index contributed by atoms with van der Waals surface area (Å²) in [5, 5.41) is 8.85. The first-order valence-electron chi connectivity index (χ1n) is 10.7. The number of ketones is 1. The van der Waals surface area contributed by atoms with Crippen LogP contribution in [0.15, 0.2) is 30.3 Å². The fourth-order valence-corrected chi connectivity index (χ4v) is 4.22. The minimum atomic E-state index is 0.313. The molecule has 0 atom stereocenters. The van der Waals surface area contributed by atoms with Gasteiger partial charge < -0.3 is 4.57 Å². The lowest BCUT2D eigenvalue weighted by Crippen LogP contribution is -2.12. The third-order valence-electron chi connectivity index (χ3n) is 5.88. The molecule has 1 aliphatic rings. The smallest absolute Gasteiger partial charge is 0.133 e. The molecule has 3 rings (SSSR count). The van der Waals surface area contributed by atoms with Crippen molar-refractivity contribution in [3.05, 3.63) is 47.5 Å². The molecule has 0 aliphatic heterocycles. The second kappa shape index (κ2) is 10.4. The Bertz CT molecular complexity index is 702. The highest BCUT2D eigenvalue weighted by Crippen LogP contribution is 2.27. The van der Waals surface area contributed by atoms with Crippen LogP contribution in [0.4, 0.5) is 0 Å². The molecule has 4 nitrogen and oxygen atoms in total. The summed E-state index contributed by atoms with van der Waals surface area (Å²) >= 11 is 0. The summed E-state index contributed by atoms with van der Waals surface area (Å²) in [5.41, 5.74) is 1.23. The quantitative estimate of drug-likeness (QED) is 0.597. The molecule has 0 unspecified atom stereocenters. The number of carbonyl (C=O) groups excluding carboxylic acids is 1. The Hall–Kier alpha value is -1.97. The van der Waals surface area contributed by atoms with Crippen LogP contribution < -0.4 is 0 Å². The van der Waals surface area contributed by atoms with Crippen LogP contribution in [0, 0.1) is 5.92 Å². The average molecular weight is 368 g/mol. The van der Waals surface area contributed by atoms with Crippen molar-refractivity contribution in [2.24, 2.45) is 5.92 Å². The van der Waals surface area contributed by atoms with Gasteiger partial charge in [0, 0.05) is 32.2 Å². The molecule has 1 heterocycles. The Morgan fingerprint density at radius 3 is 2.33 bits per heavy atom. The standard InChI is InChI=1S/C23H33N3O/c1-2-26-22(17-14-20-11-7-4-8-12-20)24-25-23(26)18-16-21(27)15-13-19-9-5-3-6-10-19/h3,5-6,9-10,20H,2,4,7-8,11-18H2,1H3. The van der Waals surface area contributed by atoms with E-state index in [1.165, 1.54) is 44.1 Å². The molecule has 0 amide bonds. The summed E-state index contributed by atoms with van der Waals surface area (Å²) < 4.78 is 2.23. The normalized spacial score (nSPS) is 15.1. The van der Waals surface area contributed by atoms with E-state index in [0.29, 0.717) is 25.0 Å². The summed E-state index contributed by atoms with van der Waals surface area (Å²) in [7, 11) is 0. The maximum absolute atomic E-state index is 12.3. The Balaban J connectivity index is 1.46. The van der Waals surface area contributed by atoms with Gasteiger partial charge in [0.25, 0.3) is 0 Å². The molecule has 146 valence electrons. The summed E-state index contributed by atoms with van der Waals surface area (Å²) in [6.07, 6.45) is 11.9. The highest BCUT2D eigenvalue weighted by atomic mass is 16.1. The lowest BCUT2D eigenvalue weighted by atomic mass is 9.86. The van der Waals surface area contributed by atoms with Crippen LogP contribution in [-0.4, -0.2) is 20.5 Å². The van der Waals surface area contributed by atoms with Crippen LogP contribution >= 0.6 is 0 Å². The van der Waals surface area contributed by atoms with Gasteiger partial charge in [-0.15, -0.1) is 10.2 Å². The Kier molecular flexibility index (Phi) is 7.61. The number of aryl methyl sites for hydroxylation is 3. The van der Waals surface area contributed by atoms with Gasteiger partial charge >= 0.3 is 0 Å². The van der Waals surface area contributed by atoms with Crippen molar-refractivity contribution in [1.82, 2.24) is 14.8 Å². The first kappa shape index (κ1) is 19.8. The van der Waals surface area contributed by atoms with Crippen molar-refractivity contribution >= 4 is 5.78 Å². The molecule has 27 heavy (non-hydrogen) atoms. The number of rotatable bonds is 10. The maximum atomic E-state index is 12.3. The molecule has 1 fully saturated rings. The zero-order valence-corrected chi connectivity index (χ0v) is 16.7. The molecular weight excluding hydrogens is 334 g/mol. The van der Waals surface area contributed by atoms with Gasteiger partial charge in [-0.1, -0.05) is 62.4 Å². The second-order valence-electron chi connectivity index (χ2n) is 7.84. The largest absolute Gasteiger partial charge is 0.315 e. The van der Waals surface area contributed by atoms with Crippen LogP contribution in [-0.2, 0) is 30.6 Å². The lowest BCUT2D eigenvalue weighted by Gasteiger charge is -2.21. The van der Waals surface area contributed by atoms with Gasteiger partial charge in [-0.25, -0.2) is 0 Å². The van der Waals surface area contributed by atoms with Crippen molar-refractivity contribution in [3.63, 3.8) is 0 Å². The predicted octanol–water partition coefficient (Wildman–Crippen LogP) is 4.95. The molecule has 0 bridgehead atoms. The highest BCUT2D eigenvalue weighted by Gasteiger charge is 2.17. The van der Waals surface area contributed by atoms with Gasteiger partial charge in [0.2, 0.25) is 0 Å². The van der Waals surface area contributed by atoms with E-state index < -0.39 is 0 Å². The summed E-state index contributed by atoms with van der Waals surface area (Å²) in [6, 6.07) is 10.2. The van der Waals surface area contributed by atoms with Crippen molar-refractivity contribution < 1.29 is 4.79 Å².